The van der Waals surface area contributed by atoms with Gasteiger partial charge in [0.2, 0.25) is 0 Å². The fraction of sp³-hybridized carbons (Fsp3) is 0.143. The maximum absolute atomic E-state index is 11.7. The smallest absolute Gasteiger partial charge is 0.263 e. The molecule has 0 atom stereocenters. The van der Waals surface area contributed by atoms with Gasteiger partial charge in [0.05, 0.1) is 0 Å². The van der Waals surface area contributed by atoms with E-state index in [0.29, 0.717) is 16.6 Å². The predicted octanol–water partition coefficient (Wildman–Crippen LogP) is 3.67. The Labute approximate surface area is 135 Å². The lowest BCUT2D eigenvalue weighted by Crippen LogP contribution is -2.21. The normalized spacial score (nSPS) is 10.2. The summed E-state index contributed by atoms with van der Waals surface area (Å²) in [4.78, 5) is 15.8. The summed E-state index contributed by atoms with van der Waals surface area (Å²) in [5.41, 5.74) is 0.887. The Morgan fingerprint density at radius 3 is 2.85 bits per heavy atom. The number of halogens is 2. The molecule has 1 heterocycles. The number of nitrogens with one attached hydrogen (secondary N) is 1. The highest BCUT2D eigenvalue weighted by atomic mass is 127. The zero-order valence-corrected chi connectivity index (χ0v) is 13.6. The summed E-state index contributed by atoms with van der Waals surface area (Å²) >= 11 is 8.01. The van der Waals surface area contributed by atoms with Crippen LogP contribution in [0.15, 0.2) is 36.5 Å². The number of pyridine rings is 1. The molecule has 104 valence electrons. The molecule has 4 nitrogen and oxygen atoms in total. The first-order valence-electron chi connectivity index (χ1n) is 5.85. The van der Waals surface area contributed by atoms with Gasteiger partial charge in [0.15, 0.2) is 6.61 Å². The molecular weight excluding hydrogens is 391 g/mol. The lowest BCUT2D eigenvalue weighted by atomic mass is 10.2. The summed E-state index contributed by atoms with van der Waals surface area (Å²) in [5.74, 6) is 0.889. The molecule has 0 fully saturated rings. The molecule has 2 aromatic rings. The van der Waals surface area contributed by atoms with Crippen LogP contribution in [0.2, 0.25) is 5.02 Å². The molecular formula is C14H12ClIN2O2. The number of amides is 1. The molecule has 1 aromatic carbocycles. The van der Waals surface area contributed by atoms with Gasteiger partial charge in [-0.25, -0.2) is 4.98 Å². The molecule has 1 amide bonds. The number of ether oxygens (including phenoxy) is 1. The van der Waals surface area contributed by atoms with Crippen LogP contribution in [-0.4, -0.2) is 17.5 Å². The Morgan fingerprint density at radius 1 is 1.40 bits per heavy atom. The Balaban J connectivity index is 1.90. The highest BCUT2D eigenvalue weighted by Gasteiger charge is 2.06. The summed E-state index contributed by atoms with van der Waals surface area (Å²) in [6, 6.07) is 8.87. The third-order valence-electron chi connectivity index (χ3n) is 2.49. The molecule has 0 bridgehead atoms. The molecule has 0 aliphatic heterocycles. The van der Waals surface area contributed by atoms with Crippen molar-refractivity contribution in [2.24, 2.45) is 0 Å². The number of hydrogen-bond acceptors (Lipinski definition) is 3. The van der Waals surface area contributed by atoms with Gasteiger partial charge in [-0.1, -0.05) is 11.6 Å². The second-order valence-electron chi connectivity index (χ2n) is 4.11. The summed E-state index contributed by atoms with van der Waals surface area (Å²) in [7, 11) is 0. The molecule has 0 aliphatic carbocycles. The number of rotatable bonds is 4. The highest BCUT2D eigenvalue weighted by Crippen LogP contribution is 2.21. The molecule has 0 saturated heterocycles. The van der Waals surface area contributed by atoms with Crippen molar-refractivity contribution in [2.75, 3.05) is 11.9 Å². The Bertz CT molecular complexity index is 617. The summed E-state index contributed by atoms with van der Waals surface area (Å²) < 4.78 is 6.46. The molecule has 1 aromatic heterocycles. The third kappa shape index (κ3) is 4.35. The molecule has 0 spiro atoms. The van der Waals surface area contributed by atoms with Crippen LogP contribution in [-0.2, 0) is 4.79 Å². The molecule has 0 unspecified atom stereocenters. The monoisotopic (exact) mass is 402 g/mol. The van der Waals surface area contributed by atoms with Crippen LogP contribution in [0.4, 0.5) is 5.82 Å². The molecule has 2 rings (SSSR count). The zero-order chi connectivity index (χ0) is 14.5. The SMILES string of the molecule is Cc1cc(Cl)ccc1OCC(=O)Nc1ccc(I)cn1. The number of carbonyl (C=O) groups excluding carboxylic acids is 1. The van der Waals surface area contributed by atoms with Crippen LogP contribution < -0.4 is 10.1 Å². The van der Waals surface area contributed by atoms with Crippen molar-refractivity contribution < 1.29 is 9.53 Å². The van der Waals surface area contributed by atoms with Gasteiger partial charge in [-0.15, -0.1) is 0 Å². The predicted molar refractivity (Wildman–Crippen MR) is 87.3 cm³/mol. The first-order valence-corrected chi connectivity index (χ1v) is 7.30. The second-order valence-corrected chi connectivity index (χ2v) is 5.79. The van der Waals surface area contributed by atoms with Gasteiger partial charge in [0.1, 0.15) is 11.6 Å². The Morgan fingerprint density at radius 2 is 2.20 bits per heavy atom. The van der Waals surface area contributed by atoms with Gasteiger partial charge >= 0.3 is 0 Å². The molecule has 0 aliphatic rings. The molecule has 6 heteroatoms. The molecule has 1 N–H and O–H groups in total. The van der Waals surface area contributed by atoms with Crippen molar-refractivity contribution in [1.29, 1.82) is 0 Å². The minimum absolute atomic E-state index is 0.0733. The van der Waals surface area contributed by atoms with Crippen molar-refractivity contribution in [1.82, 2.24) is 4.98 Å². The van der Waals surface area contributed by atoms with E-state index in [9.17, 15) is 4.79 Å². The van der Waals surface area contributed by atoms with E-state index >= 15 is 0 Å². The van der Waals surface area contributed by atoms with Crippen molar-refractivity contribution in [3.8, 4) is 5.75 Å². The van der Waals surface area contributed by atoms with E-state index < -0.39 is 0 Å². The maximum Gasteiger partial charge on any atom is 0.263 e. The van der Waals surface area contributed by atoms with Crippen molar-refractivity contribution in [3.63, 3.8) is 0 Å². The molecule has 20 heavy (non-hydrogen) atoms. The van der Waals surface area contributed by atoms with Crippen LogP contribution in [0.25, 0.3) is 0 Å². The second kappa shape index (κ2) is 6.90. The first-order chi connectivity index (χ1) is 9.54. The summed E-state index contributed by atoms with van der Waals surface area (Å²) in [5, 5.41) is 3.31. The van der Waals surface area contributed by atoms with Gasteiger partial charge in [0, 0.05) is 14.8 Å². The van der Waals surface area contributed by atoms with Crippen molar-refractivity contribution in [3.05, 3.63) is 50.7 Å². The van der Waals surface area contributed by atoms with Gasteiger partial charge in [-0.2, -0.15) is 0 Å². The number of hydrogen-bond donors (Lipinski definition) is 1. The van der Waals surface area contributed by atoms with Gasteiger partial charge < -0.3 is 10.1 Å². The van der Waals surface area contributed by atoms with E-state index in [2.05, 4.69) is 32.9 Å². The standard InChI is InChI=1S/C14H12ClIN2O2/c1-9-6-10(15)2-4-12(9)20-8-14(19)18-13-5-3-11(16)7-17-13/h2-7H,8H2,1H3,(H,17,18,19). The average molecular weight is 403 g/mol. The number of carbonyl (C=O) groups is 1. The maximum atomic E-state index is 11.7. The fourth-order valence-electron chi connectivity index (χ4n) is 1.55. The van der Waals surface area contributed by atoms with E-state index in [0.717, 1.165) is 9.13 Å². The van der Waals surface area contributed by atoms with Crippen molar-refractivity contribution >= 4 is 45.9 Å². The van der Waals surface area contributed by atoms with Crippen LogP contribution in [0, 0.1) is 10.5 Å². The molecule has 0 saturated carbocycles. The minimum atomic E-state index is -0.256. The Hall–Kier alpha value is -1.34. The van der Waals surface area contributed by atoms with Gasteiger partial charge in [-0.3, -0.25) is 4.79 Å². The van der Waals surface area contributed by atoms with E-state index in [1.165, 1.54) is 0 Å². The third-order valence-corrected chi connectivity index (χ3v) is 3.36. The number of aryl methyl sites for hydroxylation is 1. The molecule has 0 radical (unpaired) electrons. The highest BCUT2D eigenvalue weighted by molar-refractivity contribution is 14.1. The quantitative estimate of drug-likeness (QED) is 0.794. The summed E-state index contributed by atoms with van der Waals surface area (Å²) in [6.07, 6.45) is 1.68. The number of anilines is 1. The van der Waals surface area contributed by atoms with Crippen LogP contribution >= 0.6 is 34.2 Å². The van der Waals surface area contributed by atoms with Gasteiger partial charge in [0.25, 0.3) is 5.91 Å². The number of nitrogens with zero attached hydrogens (tertiary/aromatic N) is 1. The zero-order valence-electron chi connectivity index (χ0n) is 10.7. The average Bonchev–Trinajstić information content (AvgIpc) is 2.40. The Kier molecular flexibility index (Phi) is 5.19. The number of benzene rings is 1. The van der Waals surface area contributed by atoms with Crippen molar-refractivity contribution in [2.45, 2.75) is 6.92 Å². The van der Waals surface area contributed by atoms with E-state index in [4.69, 9.17) is 16.3 Å². The summed E-state index contributed by atoms with van der Waals surface area (Å²) in [6.45, 7) is 1.80. The van der Waals surface area contributed by atoms with Crippen LogP contribution in [0.1, 0.15) is 5.56 Å². The van der Waals surface area contributed by atoms with Crippen LogP contribution in [0.3, 0.4) is 0 Å². The van der Waals surface area contributed by atoms with E-state index in [1.54, 1.807) is 30.5 Å². The van der Waals surface area contributed by atoms with E-state index in [-0.39, 0.29) is 12.5 Å². The fourth-order valence-corrected chi connectivity index (χ4v) is 2.09. The van der Waals surface area contributed by atoms with E-state index in [1.807, 2.05) is 13.0 Å². The van der Waals surface area contributed by atoms with Gasteiger partial charge in [-0.05, 0) is 65.4 Å². The lowest BCUT2D eigenvalue weighted by molar-refractivity contribution is -0.118. The number of aromatic nitrogens is 1. The van der Waals surface area contributed by atoms with Crippen LogP contribution in [0.5, 0.6) is 5.75 Å². The lowest BCUT2D eigenvalue weighted by Gasteiger charge is -2.09. The largest absolute Gasteiger partial charge is 0.483 e. The first kappa shape index (κ1) is 15.1. The minimum Gasteiger partial charge on any atom is -0.483 e. The topological polar surface area (TPSA) is 51.2 Å².